The van der Waals surface area contributed by atoms with Crippen molar-refractivity contribution in [2.45, 2.75) is 44.7 Å². The highest BCUT2D eigenvalue weighted by Crippen LogP contribution is 2.15. The molecule has 0 amide bonds. The van der Waals surface area contributed by atoms with Gasteiger partial charge in [0.2, 0.25) is 11.9 Å². The lowest BCUT2D eigenvalue weighted by molar-refractivity contribution is 0.682. The normalized spacial score (nSPS) is 10.4. The maximum Gasteiger partial charge on any atom is 0.228 e. The van der Waals surface area contributed by atoms with Crippen molar-refractivity contribution in [3.05, 3.63) is 0 Å². The van der Waals surface area contributed by atoms with Crippen LogP contribution in [0.5, 0.6) is 0 Å². The summed E-state index contributed by atoms with van der Waals surface area (Å²) in [7, 11) is 1.82. The van der Waals surface area contributed by atoms with E-state index in [4.69, 9.17) is 0 Å². The van der Waals surface area contributed by atoms with E-state index in [1.165, 1.54) is 19.3 Å². The minimum Gasteiger partial charge on any atom is -0.357 e. The highest BCUT2D eigenvalue weighted by atomic mass is 32.2. The summed E-state index contributed by atoms with van der Waals surface area (Å²) in [4.78, 5) is 13.0. The van der Waals surface area contributed by atoms with Crippen LogP contribution in [0.4, 0.5) is 11.9 Å². The van der Waals surface area contributed by atoms with Gasteiger partial charge in [0.05, 0.1) is 0 Å². The Morgan fingerprint density at radius 1 is 1.00 bits per heavy atom. The van der Waals surface area contributed by atoms with Gasteiger partial charge in [-0.25, -0.2) is 0 Å². The molecular weight excluding hydrogens is 246 g/mol. The number of nitrogens with one attached hydrogen (secondary N) is 2. The molecule has 0 aliphatic heterocycles. The highest BCUT2D eigenvalue weighted by molar-refractivity contribution is 7.99. The maximum absolute atomic E-state index is 4.38. The fourth-order valence-electron chi connectivity index (χ4n) is 1.49. The molecule has 0 aliphatic rings. The molecule has 0 atom stereocenters. The largest absolute Gasteiger partial charge is 0.357 e. The Labute approximate surface area is 114 Å². The van der Waals surface area contributed by atoms with Gasteiger partial charge in [0.25, 0.3) is 0 Å². The molecule has 1 aromatic rings. The van der Waals surface area contributed by atoms with Gasteiger partial charge in [-0.3, -0.25) is 0 Å². The van der Waals surface area contributed by atoms with E-state index in [2.05, 4.69) is 39.4 Å². The first kappa shape index (κ1) is 15.0. The molecule has 18 heavy (non-hydrogen) atoms. The van der Waals surface area contributed by atoms with Gasteiger partial charge in [-0.1, -0.05) is 44.9 Å². The molecular formula is C12H23N5S. The van der Waals surface area contributed by atoms with Crippen molar-refractivity contribution in [2.75, 3.05) is 30.0 Å². The van der Waals surface area contributed by atoms with E-state index in [-0.39, 0.29) is 0 Å². The molecule has 0 aromatic carbocycles. The molecule has 2 N–H and O–H groups in total. The molecule has 0 bridgehead atoms. The number of hydrogen-bond acceptors (Lipinski definition) is 6. The summed E-state index contributed by atoms with van der Waals surface area (Å²) in [5.74, 6) is 2.25. The second kappa shape index (κ2) is 8.97. The lowest BCUT2D eigenvalue weighted by Gasteiger charge is -2.07. The third-order valence-electron chi connectivity index (χ3n) is 2.43. The lowest BCUT2D eigenvalue weighted by atomic mass is 10.2. The van der Waals surface area contributed by atoms with Crippen molar-refractivity contribution in [1.29, 1.82) is 0 Å². The molecule has 6 heteroatoms. The van der Waals surface area contributed by atoms with Crippen LogP contribution in [0.25, 0.3) is 0 Å². The number of hydrogen-bond donors (Lipinski definition) is 2. The average molecular weight is 269 g/mol. The zero-order chi connectivity index (χ0) is 13.2. The van der Waals surface area contributed by atoms with Gasteiger partial charge in [0, 0.05) is 13.6 Å². The van der Waals surface area contributed by atoms with E-state index in [1.54, 1.807) is 11.8 Å². The van der Waals surface area contributed by atoms with Gasteiger partial charge in [0.1, 0.15) is 0 Å². The Morgan fingerprint density at radius 3 is 2.44 bits per heavy atom. The van der Waals surface area contributed by atoms with Crippen molar-refractivity contribution in [2.24, 2.45) is 0 Å². The molecule has 5 nitrogen and oxygen atoms in total. The van der Waals surface area contributed by atoms with Crippen molar-refractivity contribution in [3.8, 4) is 0 Å². The number of rotatable bonds is 9. The highest BCUT2D eigenvalue weighted by Gasteiger charge is 2.04. The summed E-state index contributed by atoms with van der Waals surface area (Å²) in [5.41, 5.74) is 0. The van der Waals surface area contributed by atoms with Gasteiger partial charge in [-0.05, 0) is 12.2 Å². The van der Waals surface area contributed by atoms with Crippen molar-refractivity contribution in [1.82, 2.24) is 15.0 Å². The summed E-state index contributed by atoms with van der Waals surface area (Å²) in [6.07, 6.45) is 4.96. The summed E-state index contributed by atoms with van der Waals surface area (Å²) >= 11 is 1.62. The molecule has 0 fully saturated rings. The van der Waals surface area contributed by atoms with E-state index < -0.39 is 0 Å². The van der Waals surface area contributed by atoms with Crippen LogP contribution in [0.3, 0.4) is 0 Å². The molecule has 0 unspecified atom stereocenters. The zero-order valence-electron chi connectivity index (χ0n) is 11.5. The predicted molar refractivity (Wildman–Crippen MR) is 78.4 cm³/mol. The van der Waals surface area contributed by atoms with Crippen LogP contribution >= 0.6 is 11.8 Å². The standard InChI is InChI=1S/C12H23N5S/c1-4-6-7-8-9-14-11-15-10(13-3)16-12(17-11)18-5-2/h4-9H2,1-3H3,(H2,13,14,15,16,17). The Kier molecular flexibility index (Phi) is 7.48. The van der Waals surface area contributed by atoms with Crippen LogP contribution in [0.1, 0.15) is 39.5 Å². The maximum atomic E-state index is 4.38. The molecule has 0 radical (unpaired) electrons. The van der Waals surface area contributed by atoms with Crippen molar-refractivity contribution in [3.63, 3.8) is 0 Å². The van der Waals surface area contributed by atoms with E-state index in [1.807, 2.05) is 7.05 Å². The van der Waals surface area contributed by atoms with E-state index >= 15 is 0 Å². The number of thioether (sulfide) groups is 1. The fourth-order valence-corrected chi connectivity index (χ4v) is 2.05. The summed E-state index contributed by atoms with van der Waals surface area (Å²) in [5, 5.41) is 6.99. The first-order valence-electron chi connectivity index (χ1n) is 6.60. The Morgan fingerprint density at radius 2 is 1.78 bits per heavy atom. The van der Waals surface area contributed by atoms with Gasteiger partial charge in [0.15, 0.2) is 5.16 Å². The van der Waals surface area contributed by atoms with Crippen LogP contribution in [-0.2, 0) is 0 Å². The van der Waals surface area contributed by atoms with E-state index in [0.717, 1.165) is 23.9 Å². The molecule has 1 rings (SSSR count). The molecule has 0 saturated heterocycles. The zero-order valence-corrected chi connectivity index (χ0v) is 12.3. The topological polar surface area (TPSA) is 62.7 Å². The molecule has 1 heterocycles. The summed E-state index contributed by atoms with van der Waals surface area (Å²) < 4.78 is 0. The Hall–Kier alpha value is -1.04. The van der Waals surface area contributed by atoms with E-state index in [9.17, 15) is 0 Å². The van der Waals surface area contributed by atoms with Gasteiger partial charge in [-0.15, -0.1) is 0 Å². The fraction of sp³-hybridized carbons (Fsp3) is 0.750. The molecule has 0 aliphatic carbocycles. The van der Waals surface area contributed by atoms with Crippen LogP contribution in [0.2, 0.25) is 0 Å². The third kappa shape index (κ3) is 5.53. The van der Waals surface area contributed by atoms with Gasteiger partial charge in [-0.2, -0.15) is 15.0 Å². The first-order valence-corrected chi connectivity index (χ1v) is 7.59. The third-order valence-corrected chi connectivity index (χ3v) is 3.15. The van der Waals surface area contributed by atoms with Crippen LogP contribution in [0.15, 0.2) is 5.16 Å². The molecule has 0 spiro atoms. The van der Waals surface area contributed by atoms with E-state index in [0.29, 0.717) is 11.9 Å². The van der Waals surface area contributed by atoms with Crippen molar-refractivity contribution < 1.29 is 0 Å². The number of aromatic nitrogens is 3. The second-order valence-corrected chi connectivity index (χ2v) is 5.17. The van der Waals surface area contributed by atoms with Gasteiger partial charge < -0.3 is 10.6 Å². The number of nitrogens with zero attached hydrogens (tertiary/aromatic N) is 3. The van der Waals surface area contributed by atoms with Crippen LogP contribution in [0, 0.1) is 0 Å². The smallest absolute Gasteiger partial charge is 0.228 e. The minimum absolute atomic E-state index is 0.622. The molecule has 1 aromatic heterocycles. The number of anilines is 2. The summed E-state index contributed by atoms with van der Waals surface area (Å²) in [6.45, 7) is 5.22. The van der Waals surface area contributed by atoms with Crippen LogP contribution < -0.4 is 10.6 Å². The summed E-state index contributed by atoms with van der Waals surface area (Å²) in [6, 6.07) is 0. The lowest BCUT2D eigenvalue weighted by Crippen LogP contribution is -2.09. The van der Waals surface area contributed by atoms with Gasteiger partial charge >= 0.3 is 0 Å². The van der Waals surface area contributed by atoms with Crippen LogP contribution in [-0.4, -0.2) is 34.3 Å². The molecule has 0 saturated carbocycles. The van der Waals surface area contributed by atoms with Crippen molar-refractivity contribution >= 4 is 23.7 Å². The molecule has 102 valence electrons. The first-order chi connectivity index (χ1) is 8.80. The monoisotopic (exact) mass is 269 g/mol. The second-order valence-electron chi connectivity index (χ2n) is 3.94. The predicted octanol–water partition coefficient (Wildman–Crippen LogP) is 3.02. The average Bonchev–Trinajstić information content (AvgIpc) is 2.38. The quantitative estimate of drug-likeness (QED) is 0.531. The Balaban J connectivity index is 2.50. The Bertz CT molecular complexity index is 345. The minimum atomic E-state index is 0.622. The number of unbranched alkanes of at least 4 members (excludes halogenated alkanes) is 3. The SMILES string of the molecule is CCCCCCNc1nc(NC)nc(SCC)n1.